The molecule has 0 saturated heterocycles. The molecule has 5 nitrogen and oxygen atoms in total. The van der Waals surface area contributed by atoms with E-state index in [-0.39, 0.29) is 11.5 Å². The van der Waals surface area contributed by atoms with Gasteiger partial charge in [0.15, 0.2) is 0 Å². The molecule has 0 saturated carbocycles. The van der Waals surface area contributed by atoms with Crippen LogP contribution in [-0.4, -0.2) is 22.6 Å². The molecule has 0 aliphatic heterocycles. The maximum Gasteiger partial charge on any atom is 0.305 e. The summed E-state index contributed by atoms with van der Waals surface area (Å²) in [5.41, 5.74) is 1.04. The molecule has 0 aliphatic rings. The first kappa shape index (κ1) is 19.8. The maximum atomic E-state index is 13.4. The molecule has 0 amide bonds. The van der Waals surface area contributed by atoms with Gasteiger partial charge in [-0.05, 0) is 30.7 Å². The zero-order chi connectivity index (χ0) is 19.4. The number of ether oxygens (including phenoxy) is 1. The molecular weight excluding hydrogens is 380 g/mol. The standard InChI is InChI=1S/C20H24N2O3S2/c1-4-8-15-21-19-18(20(24)22(15)11-6-10-16(23)25-3)17(13(5-2)27-19)14-9-7-12-26-14/h7,9,12H,4-6,8,10-11H2,1-3H3. The fourth-order valence-corrected chi connectivity index (χ4v) is 5.23. The Morgan fingerprint density at radius 3 is 2.78 bits per heavy atom. The van der Waals surface area contributed by atoms with Crippen molar-refractivity contribution in [1.82, 2.24) is 9.55 Å². The number of thiophene rings is 2. The SMILES string of the molecule is CCCc1nc2sc(CC)c(-c3cccs3)c2c(=O)n1CCCC(=O)OC. The summed E-state index contributed by atoms with van der Waals surface area (Å²) in [6, 6.07) is 4.07. The molecule has 0 aromatic carbocycles. The minimum atomic E-state index is -0.253. The molecule has 3 rings (SSSR count). The van der Waals surface area contributed by atoms with Crippen molar-refractivity contribution in [1.29, 1.82) is 0 Å². The molecule has 144 valence electrons. The summed E-state index contributed by atoms with van der Waals surface area (Å²) in [5, 5.41) is 2.75. The molecule has 3 aromatic rings. The summed E-state index contributed by atoms with van der Waals surface area (Å²) in [6.07, 6.45) is 3.40. The first-order chi connectivity index (χ1) is 13.1. The smallest absolute Gasteiger partial charge is 0.305 e. The number of methoxy groups -OCH3 is 1. The van der Waals surface area contributed by atoms with E-state index in [4.69, 9.17) is 9.72 Å². The first-order valence-corrected chi connectivity index (χ1v) is 11.0. The largest absolute Gasteiger partial charge is 0.469 e. The zero-order valence-electron chi connectivity index (χ0n) is 15.9. The third-order valence-corrected chi connectivity index (χ3v) is 6.63. The lowest BCUT2D eigenvalue weighted by Gasteiger charge is -2.12. The van der Waals surface area contributed by atoms with Crippen LogP contribution in [0.25, 0.3) is 20.7 Å². The highest BCUT2D eigenvalue weighted by Crippen LogP contribution is 2.38. The van der Waals surface area contributed by atoms with Gasteiger partial charge in [0.2, 0.25) is 0 Å². The average Bonchev–Trinajstić information content (AvgIpc) is 3.31. The van der Waals surface area contributed by atoms with E-state index < -0.39 is 0 Å². The van der Waals surface area contributed by atoms with Gasteiger partial charge < -0.3 is 4.74 Å². The minimum absolute atomic E-state index is 0.00710. The van der Waals surface area contributed by atoms with Crippen LogP contribution in [0.1, 0.15) is 43.8 Å². The Balaban J connectivity index is 2.14. The van der Waals surface area contributed by atoms with Crippen LogP contribution >= 0.6 is 22.7 Å². The van der Waals surface area contributed by atoms with Gasteiger partial charge in [-0.1, -0.05) is 19.9 Å². The Morgan fingerprint density at radius 2 is 2.15 bits per heavy atom. The van der Waals surface area contributed by atoms with Crippen molar-refractivity contribution in [2.75, 3.05) is 7.11 Å². The summed E-state index contributed by atoms with van der Waals surface area (Å²) < 4.78 is 6.48. The van der Waals surface area contributed by atoms with Crippen LogP contribution in [0.3, 0.4) is 0 Å². The molecular formula is C20H24N2O3S2. The Kier molecular flexibility index (Phi) is 6.44. The lowest BCUT2D eigenvalue weighted by atomic mass is 10.1. The van der Waals surface area contributed by atoms with Crippen molar-refractivity contribution in [3.63, 3.8) is 0 Å². The van der Waals surface area contributed by atoms with Crippen LogP contribution in [0.5, 0.6) is 0 Å². The highest BCUT2D eigenvalue weighted by molar-refractivity contribution is 7.20. The van der Waals surface area contributed by atoms with Crippen molar-refractivity contribution >= 4 is 38.9 Å². The average molecular weight is 405 g/mol. The number of hydrogen-bond acceptors (Lipinski definition) is 6. The number of aromatic nitrogens is 2. The van der Waals surface area contributed by atoms with E-state index in [0.29, 0.717) is 19.4 Å². The predicted molar refractivity (Wildman–Crippen MR) is 112 cm³/mol. The van der Waals surface area contributed by atoms with Crippen LogP contribution < -0.4 is 5.56 Å². The number of nitrogens with zero attached hydrogens (tertiary/aromatic N) is 2. The molecule has 0 radical (unpaired) electrons. The zero-order valence-corrected chi connectivity index (χ0v) is 17.5. The van der Waals surface area contributed by atoms with Crippen molar-refractivity contribution in [3.8, 4) is 10.4 Å². The van der Waals surface area contributed by atoms with E-state index in [1.165, 1.54) is 12.0 Å². The summed E-state index contributed by atoms with van der Waals surface area (Å²) in [4.78, 5) is 32.9. The Morgan fingerprint density at radius 1 is 1.33 bits per heavy atom. The molecule has 3 aromatic heterocycles. The molecule has 7 heteroatoms. The van der Waals surface area contributed by atoms with Gasteiger partial charge in [0.1, 0.15) is 10.7 Å². The van der Waals surface area contributed by atoms with Gasteiger partial charge >= 0.3 is 5.97 Å². The fourth-order valence-electron chi connectivity index (χ4n) is 3.23. The van der Waals surface area contributed by atoms with Gasteiger partial charge in [0.25, 0.3) is 5.56 Å². The van der Waals surface area contributed by atoms with E-state index in [2.05, 4.69) is 19.9 Å². The second-order valence-corrected chi connectivity index (χ2v) is 8.36. The second-order valence-electron chi connectivity index (χ2n) is 6.33. The van der Waals surface area contributed by atoms with Crippen LogP contribution in [-0.2, 0) is 28.9 Å². The topological polar surface area (TPSA) is 61.2 Å². The third kappa shape index (κ3) is 3.99. The molecule has 0 spiro atoms. The summed E-state index contributed by atoms with van der Waals surface area (Å²) in [6.45, 7) is 4.68. The van der Waals surface area contributed by atoms with Gasteiger partial charge in [-0.3, -0.25) is 14.2 Å². The molecule has 0 N–H and O–H groups in total. The number of carbonyl (C=O) groups is 1. The fraction of sp³-hybridized carbons (Fsp3) is 0.450. The Bertz CT molecular complexity index is 987. The summed E-state index contributed by atoms with van der Waals surface area (Å²) >= 11 is 3.27. The Labute approximate surface area is 166 Å². The van der Waals surface area contributed by atoms with E-state index in [1.807, 2.05) is 11.4 Å². The molecule has 0 fully saturated rings. The van der Waals surface area contributed by atoms with Crippen LogP contribution in [0.15, 0.2) is 22.3 Å². The number of rotatable bonds is 8. The summed E-state index contributed by atoms with van der Waals surface area (Å²) in [7, 11) is 1.38. The minimum Gasteiger partial charge on any atom is -0.469 e. The van der Waals surface area contributed by atoms with E-state index in [0.717, 1.165) is 45.7 Å². The maximum absolute atomic E-state index is 13.4. The molecule has 3 heterocycles. The molecule has 0 bridgehead atoms. The lowest BCUT2D eigenvalue weighted by molar-refractivity contribution is -0.140. The monoisotopic (exact) mass is 404 g/mol. The van der Waals surface area contributed by atoms with Gasteiger partial charge in [-0.2, -0.15) is 0 Å². The molecule has 27 heavy (non-hydrogen) atoms. The van der Waals surface area contributed by atoms with Gasteiger partial charge in [0, 0.05) is 34.7 Å². The van der Waals surface area contributed by atoms with E-state index in [9.17, 15) is 9.59 Å². The van der Waals surface area contributed by atoms with Crippen molar-refractivity contribution in [3.05, 3.63) is 38.6 Å². The summed E-state index contributed by atoms with van der Waals surface area (Å²) in [5.74, 6) is 0.554. The number of fused-ring (bicyclic) bond motifs is 1. The molecule has 0 aliphatic carbocycles. The molecule has 0 atom stereocenters. The van der Waals surface area contributed by atoms with Crippen LogP contribution in [0, 0.1) is 0 Å². The number of hydrogen-bond donors (Lipinski definition) is 0. The first-order valence-electron chi connectivity index (χ1n) is 9.26. The lowest BCUT2D eigenvalue weighted by Crippen LogP contribution is -2.25. The van der Waals surface area contributed by atoms with E-state index in [1.54, 1.807) is 27.2 Å². The second kappa shape index (κ2) is 8.80. The number of aryl methyl sites for hydroxylation is 2. The third-order valence-electron chi connectivity index (χ3n) is 4.52. The van der Waals surface area contributed by atoms with Gasteiger partial charge in [0.05, 0.1) is 12.5 Å². The van der Waals surface area contributed by atoms with Crippen LogP contribution in [0.2, 0.25) is 0 Å². The van der Waals surface area contributed by atoms with Crippen molar-refractivity contribution in [2.24, 2.45) is 0 Å². The van der Waals surface area contributed by atoms with Gasteiger partial charge in [-0.15, -0.1) is 22.7 Å². The predicted octanol–water partition coefficient (Wildman–Crippen LogP) is 4.65. The number of esters is 1. The molecule has 0 unspecified atom stereocenters. The quantitative estimate of drug-likeness (QED) is 0.513. The van der Waals surface area contributed by atoms with Gasteiger partial charge in [-0.25, -0.2) is 4.98 Å². The van der Waals surface area contributed by atoms with Crippen molar-refractivity contribution < 1.29 is 9.53 Å². The van der Waals surface area contributed by atoms with E-state index >= 15 is 0 Å². The Hall–Kier alpha value is -1.99. The number of carbonyl (C=O) groups excluding carboxylic acids is 1. The normalized spacial score (nSPS) is 11.2. The highest BCUT2D eigenvalue weighted by Gasteiger charge is 2.21. The van der Waals surface area contributed by atoms with Crippen molar-refractivity contribution in [2.45, 2.75) is 52.5 Å². The van der Waals surface area contributed by atoms with Crippen LogP contribution in [0.4, 0.5) is 0 Å². The highest BCUT2D eigenvalue weighted by atomic mass is 32.1.